The van der Waals surface area contributed by atoms with E-state index in [1.165, 1.54) is 12.8 Å². The van der Waals surface area contributed by atoms with Gasteiger partial charge in [0.15, 0.2) is 0 Å². The fourth-order valence-corrected chi connectivity index (χ4v) is 5.34. The first-order valence-electron chi connectivity index (χ1n) is 13.0. The van der Waals surface area contributed by atoms with Crippen LogP contribution in [-0.4, -0.2) is 61.4 Å². The van der Waals surface area contributed by atoms with E-state index in [0.717, 1.165) is 46.4 Å². The topological polar surface area (TPSA) is 95.3 Å². The van der Waals surface area contributed by atoms with Gasteiger partial charge in [0.25, 0.3) is 5.91 Å². The molecular weight excluding hydrogens is 476 g/mol. The van der Waals surface area contributed by atoms with Crippen LogP contribution in [0.2, 0.25) is 0 Å². The van der Waals surface area contributed by atoms with Crippen LogP contribution in [0.15, 0.2) is 49.2 Å². The molecule has 0 unspecified atom stereocenters. The van der Waals surface area contributed by atoms with Crippen LogP contribution >= 0.6 is 0 Å². The molecule has 9 heteroatoms. The van der Waals surface area contributed by atoms with Crippen LogP contribution in [0.25, 0.3) is 27.8 Å². The van der Waals surface area contributed by atoms with Crippen LogP contribution in [0.1, 0.15) is 31.2 Å². The molecule has 0 aromatic carbocycles. The van der Waals surface area contributed by atoms with Gasteiger partial charge in [0.1, 0.15) is 11.9 Å². The minimum Gasteiger partial charge on any atom is -0.353 e. The van der Waals surface area contributed by atoms with Gasteiger partial charge in [-0.1, -0.05) is 18.8 Å². The predicted molar refractivity (Wildman–Crippen MR) is 144 cm³/mol. The van der Waals surface area contributed by atoms with E-state index < -0.39 is 0 Å². The summed E-state index contributed by atoms with van der Waals surface area (Å²) in [5.41, 5.74) is 4.97. The largest absolute Gasteiger partial charge is 0.353 e. The summed E-state index contributed by atoms with van der Waals surface area (Å²) in [6.45, 7) is 2.70. The summed E-state index contributed by atoms with van der Waals surface area (Å²) in [5, 5.41) is 18.4. The fraction of sp³-hybridized carbons (Fsp3) is 0.345. The average molecular weight is 505 g/mol. The van der Waals surface area contributed by atoms with Crippen molar-refractivity contribution in [1.82, 2.24) is 29.3 Å². The number of carbonyl (C=O) groups is 1. The maximum atomic E-state index is 12.6. The molecular formula is C29H28N8O. The number of piperazine rings is 1. The van der Waals surface area contributed by atoms with Crippen LogP contribution in [0.5, 0.6) is 0 Å². The number of nitriles is 1. The number of nitrogens with zero attached hydrogens (tertiary/aromatic N) is 8. The maximum absolute atomic E-state index is 12.6. The smallest absolute Gasteiger partial charge is 0.298 e. The van der Waals surface area contributed by atoms with Gasteiger partial charge < -0.3 is 9.80 Å². The second-order valence-electron chi connectivity index (χ2n) is 9.94. The number of rotatable bonds is 3. The second kappa shape index (κ2) is 10.0. The van der Waals surface area contributed by atoms with Crippen LogP contribution in [0.4, 0.5) is 5.82 Å². The minimum atomic E-state index is -0.0634. The van der Waals surface area contributed by atoms with Gasteiger partial charge in [-0.2, -0.15) is 15.5 Å². The monoisotopic (exact) mass is 504 g/mol. The third kappa shape index (κ3) is 4.59. The Bertz CT molecular complexity index is 1580. The van der Waals surface area contributed by atoms with Gasteiger partial charge in [0.2, 0.25) is 0 Å². The number of hydrogen-bond acceptors (Lipinski definition) is 6. The van der Waals surface area contributed by atoms with E-state index in [1.807, 2.05) is 48.9 Å². The Morgan fingerprint density at radius 2 is 1.79 bits per heavy atom. The lowest BCUT2D eigenvalue weighted by molar-refractivity contribution is -0.125. The highest BCUT2D eigenvalue weighted by molar-refractivity contribution is 5.93. The van der Waals surface area contributed by atoms with Gasteiger partial charge in [-0.3, -0.25) is 9.48 Å². The average Bonchev–Trinajstić information content (AvgIpc) is 3.72. The van der Waals surface area contributed by atoms with Gasteiger partial charge in [0.05, 0.1) is 23.5 Å². The van der Waals surface area contributed by atoms with Crippen molar-refractivity contribution in [2.75, 3.05) is 31.1 Å². The van der Waals surface area contributed by atoms with Crippen molar-refractivity contribution in [3.05, 3.63) is 54.7 Å². The Balaban J connectivity index is 1.21. The van der Waals surface area contributed by atoms with E-state index >= 15 is 0 Å². The number of pyridine rings is 2. The Labute approximate surface area is 221 Å². The first-order valence-corrected chi connectivity index (χ1v) is 13.0. The maximum Gasteiger partial charge on any atom is 0.298 e. The zero-order chi connectivity index (χ0) is 26.1. The fourth-order valence-electron chi connectivity index (χ4n) is 5.34. The van der Waals surface area contributed by atoms with E-state index in [1.54, 1.807) is 15.4 Å². The third-order valence-corrected chi connectivity index (χ3v) is 7.46. The third-order valence-electron chi connectivity index (χ3n) is 7.46. The van der Waals surface area contributed by atoms with Crippen LogP contribution in [-0.2, 0) is 11.8 Å². The molecule has 0 N–H and O–H groups in total. The number of fused-ring (bicyclic) bond motifs is 1. The molecule has 1 saturated heterocycles. The van der Waals surface area contributed by atoms with Crippen molar-refractivity contribution in [3.8, 4) is 40.2 Å². The Morgan fingerprint density at radius 1 is 0.974 bits per heavy atom. The quantitative estimate of drug-likeness (QED) is 0.396. The Hall–Kier alpha value is -4.63. The van der Waals surface area contributed by atoms with Gasteiger partial charge in [-0.15, -0.1) is 0 Å². The lowest BCUT2D eigenvalue weighted by Crippen LogP contribution is -2.48. The summed E-state index contributed by atoms with van der Waals surface area (Å²) in [4.78, 5) is 21.3. The van der Waals surface area contributed by atoms with Crippen molar-refractivity contribution in [2.24, 2.45) is 13.0 Å². The zero-order valence-corrected chi connectivity index (χ0v) is 21.3. The molecule has 0 spiro atoms. The molecule has 5 heterocycles. The lowest BCUT2D eigenvalue weighted by atomic mass is 10.0. The van der Waals surface area contributed by atoms with Crippen molar-refractivity contribution in [3.63, 3.8) is 0 Å². The highest BCUT2D eigenvalue weighted by Crippen LogP contribution is 2.32. The van der Waals surface area contributed by atoms with Crippen molar-refractivity contribution in [1.29, 1.82) is 5.26 Å². The molecule has 0 radical (unpaired) electrons. The van der Waals surface area contributed by atoms with E-state index in [9.17, 15) is 10.1 Å². The van der Waals surface area contributed by atoms with Crippen LogP contribution in [0, 0.1) is 29.1 Å². The van der Waals surface area contributed by atoms with E-state index in [4.69, 9.17) is 4.98 Å². The molecule has 2 aliphatic rings. The van der Waals surface area contributed by atoms with E-state index in [-0.39, 0.29) is 5.91 Å². The summed E-state index contributed by atoms with van der Waals surface area (Å²) in [6.07, 6.45) is 13.8. The van der Waals surface area contributed by atoms with Crippen LogP contribution < -0.4 is 4.90 Å². The summed E-state index contributed by atoms with van der Waals surface area (Å²) in [6, 6.07) is 8.35. The summed E-state index contributed by atoms with van der Waals surface area (Å²) < 4.78 is 3.50. The van der Waals surface area contributed by atoms with Gasteiger partial charge in [-0.25, -0.2) is 9.50 Å². The molecule has 4 aromatic heterocycles. The highest BCUT2D eigenvalue weighted by atomic mass is 16.2. The van der Waals surface area contributed by atoms with Gasteiger partial charge in [-0.05, 0) is 37.0 Å². The molecule has 4 aromatic rings. The molecule has 0 bridgehead atoms. The van der Waals surface area contributed by atoms with Crippen molar-refractivity contribution >= 4 is 17.2 Å². The summed E-state index contributed by atoms with van der Waals surface area (Å²) in [7, 11) is 1.88. The van der Waals surface area contributed by atoms with E-state index in [0.29, 0.717) is 37.7 Å². The highest BCUT2D eigenvalue weighted by Gasteiger charge is 2.22. The number of anilines is 1. The minimum absolute atomic E-state index is 0.0634. The normalized spacial score (nSPS) is 15.9. The number of hydrogen-bond donors (Lipinski definition) is 0. The lowest BCUT2D eigenvalue weighted by Gasteiger charge is -2.34. The first-order chi connectivity index (χ1) is 18.6. The molecule has 2 fully saturated rings. The number of aryl methyl sites for hydroxylation is 1. The molecule has 1 aliphatic heterocycles. The standard InChI is InChI=1S/C29H28N8O/c1-34-19-25(18-32-34)23-14-26(29-24(15-30)17-33-37(29)20-23)22-7-8-27(31-16-22)35-10-12-36(13-11-35)28(38)9-6-21-4-2-3-5-21/h7-8,14,16-21H,2-5,10-13H2,1H3. The Morgan fingerprint density at radius 3 is 2.47 bits per heavy atom. The van der Waals surface area contributed by atoms with Gasteiger partial charge >= 0.3 is 0 Å². The predicted octanol–water partition coefficient (Wildman–Crippen LogP) is 3.51. The number of carbonyl (C=O) groups excluding carboxylic acids is 1. The Kier molecular flexibility index (Phi) is 6.27. The first kappa shape index (κ1) is 23.7. The molecule has 1 amide bonds. The van der Waals surface area contributed by atoms with Crippen molar-refractivity contribution in [2.45, 2.75) is 25.7 Å². The van der Waals surface area contributed by atoms with E-state index in [2.05, 4.69) is 39.1 Å². The molecule has 9 nitrogen and oxygen atoms in total. The summed E-state index contributed by atoms with van der Waals surface area (Å²) in [5.74, 6) is 7.25. The number of aromatic nitrogens is 5. The SMILES string of the molecule is Cn1cc(-c2cc(-c3ccc(N4CCN(C(=O)C#CC5CCCC5)CC4)nc3)c3c(C#N)cnn3c2)cn1. The molecule has 1 saturated carbocycles. The second-order valence-corrected chi connectivity index (χ2v) is 9.94. The molecule has 1 aliphatic carbocycles. The molecule has 38 heavy (non-hydrogen) atoms. The number of amides is 1. The van der Waals surface area contributed by atoms with Crippen molar-refractivity contribution < 1.29 is 4.79 Å². The molecule has 0 atom stereocenters. The zero-order valence-electron chi connectivity index (χ0n) is 21.3. The summed E-state index contributed by atoms with van der Waals surface area (Å²) >= 11 is 0. The van der Waals surface area contributed by atoms with Crippen LogP contribution in [0.3, 0.4) is 0 Å². The van der Waals surface area contributed by atoms with Gasteiger partial charge in [0, 0.05) is 80.0 Å². The molecule has 190 valence electrons. The molecule has 6 rings (SSSR count).